The number of rotatable bonds is 2. The second-order valence-electron chi connectivity index (χ2n) is 4.29. The standard InChI is InChI=1S/C12H12BrClF2O/c1-6-2-3-17-12(6)11(14)7-4-10(16)8(13)5-9(7)15/h4-6,11-12H,2-3H2,1H3. The van der Waals surface area contributed by atoms with E-state index in [1.165, 1.54) is 0 Å². The fourth-order valence-corrected chi connectivity index (χ4v) is 2.82. The maximum absolute atomic E-state index is 13.7. The van der Waals surface area contributed by atoms with Crippen molar-refractivity contribution in [2.24, 2.45) is 5.92 Å². The Bertz CT molecular complexity index is 427. The second-order valence-corrected chi connectivity index (χ2v) is 5.62. The van der Waals surface area contributed by atoms with Gasteiger partial charge in [-0.1, -0.05) is 6.92 Å². The maximum atomic E-state index is 13.7. The van der Waals surface area contributed by atoms with Crippen LogP contribution in [-0.2, 0) is 4.74 Å². The van der Waals surface area contributed by atoms with E-state index in [0.29, 0.717) is 6.61 Å². The van der Waals surface area contributed by atoms with Gasteiger partial charge < -0.3 is 4.74 Å². The smallest absolute Gasteiger partial charge is 0.137 e. The average molecular weight is 326 g/mol. The Labute approximate surface area is 112 Å². The summed E-state index contributed by atoms with van der Waals surface area (Å²) in [5.41, 5.74) is 0.158. The topological polar surface area (TPSA) is 9.23 Å². The summed E-state index contributed by atoms with van der Waals surface area (Å²) in [6, 6.07) is 2.23. The molecule has 0 bridgehead atoms. The zero-order valence-corrected chi connectivity index (χ0v) is 11.6. The van der Waals surface area contributed by atoms with E-state index >= 15 is 0 Å². The molecule has 0 saturated carbocycles. The summed E-state index contributed by atoms with van der Waals surface area (Å²) in [4.78, 5) is 0. The van der Waals surface area contributed by atoms with Crippen LogP contribution in [0.4, 0.5) is 8.78 Å². The Morgan fingerprint density at radius 1 is 1.41 bits per heavy atom. The summed E-state index contributed by atoms with van der Waals surface area (Å²) < 4.78 is 32.7. The lowest BCUT2D eigenvalue weighted by Gasteiger charge is -2.21. The Kier molecular flexibility index (Phi) is 4.06. The highest BCUT2D eigenvalue weighted by Gasteiger charge is 2.33. The molecule has 1 aromatic rings. The van der Waals surface area contributed by atoms with E-state index in [-0.39, 0.29) is 22.1 Å². The molecule has 94 valence electrons. The van der Waals surface area contributed by atoms with Gasteiger partial charge in [-0.2, -0.15) is 0 Å². The van der Waals surface area contributed by atoms with Crippen molar-refractivity contribution in [2.75, 3.05) is 6.61 Å². The molecule has 3 atom stereocenters. The molecule has 3 unspecified atom stereocenters. The van der Waals surface area contributed by atoms with Gasteiger partial charge in [0.05, 0.1) is 16.0 Å². The van der Waals surface area contributed by atoms with E-state index < -0.39 is 17.0 Å². The van der Waals surface area contributed by atoms with Crippen LogP contribution in [0.2, 0.25) is 0 Å². The molecular formula is C12H12BrClF2O. The number of ether oxygens (including phenoxy) is 1. The first kappa shape index (κ1) is 13.2. The molecule has 0 spiro atoms. The molecule has 1 heterocycles. The highest BCUT2D eigenvalue weighted by Crippen LogP contribution is 2.37. The van der Waals surface area contributed by atoms with Gasteiger partial charge in [-0.3, -0.25) is 0 Å². The summed E-state index contributed by atoms with van der Waals surface area (Å²) in [5.74, 6) is -0.776. The fourth-order valence-electron chi connectivity index (χ4n) is 2.02. The second kappa shape index (κ2) is 5.21. The number of hydrogen-bond acceptors (Lipinski definition) is 1. The van der Waals surface area contributed by atoms with Gasteiger partial charge in [-0.05, 0) is 40.4 Å². The van der Waals surface area contributed by atoms with Gasteiger partial charge >= 0.3 is 0 Å². The minimum atomic E-state index is -0.657. The summed E-state index contributed by atoms with van der Waals surface area (Å²) in [7, 11) is 0. The zero-order chi connectivity index (χ0) is 12.6. The van der Waals surface area contributed by atoms with Crippen LogP contribution < -0.4 is 0 Å². The predicted molar refractivity (Wildman–Crippen MR) is 66.2 cm³/mol. The van der Waals surface area contributed by atoms with Crippen LogP contribution in [0.3, 0.4) is 0 Å². The fraction of sp³-hybridized carbons (Fsp3) is 0.500. The summed E-state index contributed by atoms with van der Waals surface area (Å²) in [6.07, 6.45) is 0.640. The molecule has 1 aromatic carbocycles. The largest absolute Gasteiger partial charge is 0.376 e. The lowest BCUT2D eigenvalue weighted by molar-refractivity contribution is 0.0895. The van der Waals surface area contributed by atoms with Crippen LogP contribution in [0.1, 0.15) is 24.3 Å². The maximum Gasteiger partial charge on any atom is 0.137 e. The number of alkyl halides is 1. The molecule has 5 heteroatoms. The van der Waals surface area contributed by atoms with E-state index in [0.717, 1.165) is 18.6 Å². The van der Waals surface area contributed by atoms with Gasteiger partial charge in [0.15, 0.2) is 0 Å². The Morgan fingerprint density at radius 3 is 2.71 bits per heavy atom. The molecule has 1 saturated heterocycles. The first-order valence-corrected chi connectivity index (χ1v) is 6.63. The third-order valence-corrected chi connectivity index (χ3v) is 4.16. The SMILES string of the molecule is CC1CCOC1C(Cl)c1cc(F)c(Br)cc1F. The molecule has 0 N–H and O–H groups in total. The van der Waals surface area contributed by atoms with Crippen LogP contribution in [0.25, 0.3) is 0 Å². The zero-order valence-electron chi connectivity index (χ0n) is 9.22. The minimum Gasteiger partial charge on any atom is -0.376 e. The van der Waals surface area contributed by atoms with E-state index in [1.807, 2.05) is 6.92 Å². The Hall–Kier alpha value is -0.190. The molecule has 17 heavy (non-hydrogen) atoms. The molecule has 0 radical (unpaired) electrons. The lowest BCUT2D eigenvalue weighted by atomic mass is 9.96. The molecule has 1 fully saturated rings. The molecule has 0 aliphatic carbocycles. The number of benzene rings is 1. The summed E-state index contributed by atoms with van der Waals surface area (Å²) in [5, 5.41) is -0.657. The van der Waals surface area contributed by atoms with E-state index in [2.05, 4.69) is 15.9 Å². The Balaban J connectivity index is 2.30. The van der Waals surface area contributed by atoms with Gasteiger partial charge in [-0.15, -0.1) is 11.6 Å². The highest BCUT2D eigenvalue weighted by atomic mass is 79.9. The van der Waals surface area contributed by atoms with Crippen molar-refractivity contribution in [3.05, 3.63) is 33.8 Å². The van der Waals surface area contributed by atoms with Crippen molar-refractivity contribution < 1.29 is 13.5 Å². The first-order chi connectivity index (χ1) is 8.00. The van der Waals surface area contributed by atoms with Gasteiger partial charge in [-0.25, -0.2) is 8.78 Å². The molecule has 1 aliphatic rings. The van der Waals surface area contributed by atoms with Crippen LogP contribution in [-0.4, -0.2) is 12.7 Å². The van der Waals surface area contributed by atoms with Gasteiger partial charge in [0.25, 0.3) is 0 Å². The first-order valence-electron chi connectivity index (χ1n) is 5.41. The van der Waals surface area contributed by atoms with Crippen molar-refractivity contribution in [3.63, 3.8) is 0 Å². The van der Waals surface area contributed by atoms with Crippen molar-refractivity contribution in [3.8, 4) is 0 Å². The van der Waals surface area contributed by atoms with Crippen molar-refractivity contribution >= 4 is 27.5 Å². The lowest BCUT2D eigenvalue weighted by Crippen LogP contribution is -2.20. The predicted octanol–water partition coefficient (Wildman–Crippen LogP) is 4.43. The molecule has 0 amide bonds. The Morgan fingerprint density at radius 2 is 2.12 bits per heavy atom. The van der Waals surface area contributed by atoms with E-state index in [1.54, 1.807) is 0 Å². The van der Waals surface area contributed by atoms with Crippen LogP contribution in [0.5, 0.6) is 0 Å². The summed E-state index contributed by atoms with van der Waals surface area (Å²) in [6.45, 7) is 2.62. The van der Waals surface area contributed by atoms with Gasteiger partial charge in [0, 0.05) is 12.2 Å². The van der Waals surface area contributed by atoms with Crippen LogP contribution in [0, 0.1) is 17.6 Å². The molecule has 0 aromatic heterocycles. The molecule has 1 nitrogen and oxygen atoms in total. The van der Waals surface area contributed by atoms with E-state index in [9.17, 15) is 8.78 Å². The molecular weight excluding hydrogens is 313 g/mol. The van der Waals surface area contributed by atoms with E-state index in [4.69, 9.17) is 16.3 Å². The highest BCUT2D eigenvalue weighted by molar-refractivity contribution is 9.10. The summed E-state index contributed by atoms with van der Waals surface area (Å²) >= 11 is 9.13. The monoisotopic (exact) mass is 324 g/mol. The van der Waals surface area contributed by atoms with Crippen molar-refractivity contribution in [1.82, 2.24) is 0 Å². The minimum absolute atomic E-state index is 0.100. The van der Waals surface area contributed by atoms with Crippen molar-refractivity contribution in [2.45, 2.75) is 24.8 Å². The van der Waals surface area contributed by atoms with Crippen molar-refractivity contribution in [1.29, 1.82) is 0 Å². The normalized spacial score (nSPS) is 26.2. The molecule has 1 aliphatic heterocycles. The van der Waals surface area contributed by atoms with Crippen LogP contribution >= 0.6 is 27.5 Å². The quantitative estimate of drug-likeness (QED) is 0.577. The number of halogens is 4. The average Bonchev–Trinajstić information content (AvgIpc) is 2.69. The van der Waals surface area contributed by atoms with Crippen LogP contribution in [0.15, 0.2) is 16.6 Å². The van der Waals surface area contributed by atoms with Gasteiger partial charge in [0.2, 0.25) is 0 Å². The van der Waals surface area contributed by atoms with Gasteiger partial charge in [0.1, 0.15) is 11.6 Å². The third-order valence-electron chi connectivity index (χ3n) is 3.07. The third kappa shape index (κ3) is 2.64. The number of hydrogen-bond donors (Lipinski definition) is 0. The molecule has 2 rings (SSSR count).